The van der Waals surface area contributed by atoms with Gasteiger partial charge in [-0.15, -0.1) is 0 Å². The molecule has 3 atom stereocenters. The Balaban J connectivity index is 2.02. The van der Waals surface area contributed by atoms with Gasteiger partial charge in [-0.25, -0.2) is 9.59 Å². The van der Waals surface area contributed by atoms with Crippen molar-refractivity contribution in [2.45, 2.75) is 58.4 Å². The first kappa shape index (κ1) is 16.1. The van der Waals surface area contributed by atoms with E-state index in [2.05, 4.69) is 13.8 Å². The van der Waals surface area contributed by atoms with E-state index in [9.17, 15) is 14.7 Å². The van der Waals surface area contributed by atoms with Gasteiger partial charge in [0.2, 0.25) is 0 Å². The van der Waals surface area contributed by atoms with Crippen molar-refractivity contribution in [2.24, 2.45) is 11.8 Å². The molecule has 5 heteroatoms. The zero-order valence-electron chi connectivity index (χ0n) is 13.3. The molecule has 3 unspecified atom stereocenters. The molecule has 21 heavy (non-hydrogen) atoms. The van der Waals surface area contributed by atoms with Crippen LogP contribution in [0.15, 0.2) is 0 Å². The highest BCUT2D eigenvalue weighted by Crippen LogP contribution is 2.26. The van der Waals surface area contributed by atoms with Crippen molar-refractivity contribution >= 4 is 12.0 Å². The fourth-order valence-electron chi connectivity index (χ4n) is 3.55. The summed E-state index contributed by atoms with van der Waals surface area (Å²) in [6.07, 6.45) is 5.91. The number of amides is 2. The number of hydrogen-bond acceptors (Lipinski definition) is 2. The second-order valence-electron chi connectivity index (χ2n) is 6.65. The number of aliphatic carboxylic acids is 1. The van der Waals surface area contributed by atoms with Crippen LogP contribution in [-0.4, -0.2) is 52.6 Å². The monoisotopic (exact) mass is 296 g/mol. The molecule has 2 rings (SSSR count). The molecule has 2 aliphatic heterocycles. The molecule has 120 valence electrons. The van der Waals surface area contributed by atoms with Crippen LogP contribution in [0.4, 0.5) is 4.79 Å². The molecular formula is C16H28N2O3. The summed E-state index contributed by atoms with van der Waals surface area (Å²) < 4.78 is 0. The largest absolute Gasteiger partial charge is 0.480 e. The van der Waals surface area contributed by atoms with Crippen LogP contribution in [0.3, 0.4) is 0 Å². The van der Waals surface area contributed by atoms with E-state index in [4.69, 9.17) is 0 Å². The van der Waals surface area contributed by atoms with Gasteiger partial charge in [0, 0.05) is 19.6 Å². The van der Waals surface area contributed by atoms with E-state index in [1.54, 1.807) is 4.90 Å². The number of carbonyl (C=O) groups is 2. The molecule has 2 amide bonds. The second kappa shape index (κ2) is 7.14. The second-order valence-corrected chi connectivity index (χ2v) is 6.65. The minimum Gasteiger partial charge on any atom is -0.480 e. The van der Waals surface area contributed by atoms with E-state index in [1.165, 1.54) is 12.8 Å². The van der Waals surface area contributed by atoms with Crippen LogP contribution in [0.2, 0.25) is 0 Å². The van der Waals surface area contributed by atoms with E-state index in [1.807, 2.05) is 4.90 Å². The van der Waals surface area contributed by atoms with Crippen LogP contribution in [0.25, 0.3) is 0 Å². The molecule has 0 spiro atoms. The fourth-order valence-corrected chi connectivity index (χ4v) is 3.55. The van der Waals surface area contributed by atoms with Crippen LogP contribution in [0.5, 0.6) is 0 Å². The van der Waals surface area contributed by atoms with Crippen LogP contribution >= 0.6 is 0 Å². The molecule has 2 fully saturated rings. The Hall–Kier alpha value is -1.26. The van der Waals surface area contributed by atoms with Gasteiger partial charge in [-0.05, 0) is 43.9 Å². The van der Waals surface area contributed by atoms with Crippen molar-refractivity contribution in [3.8, 4) is 0 Å². The summed E-state index contributed by atoms with van der Waals surface area (Å²) in [5, 5.41) is 9.40. The molecule has 0 bridgehead atoms. The van der Waals surface area contributed by atoms with Gasteiger partial charge in [0.25, 0.3) is 0 Å². The van der Waals surface area contributed by atoms with Crippen molar-refractivity contribution in [1.82, 2.24) is 9.80 Å². The average molecular weight is 296 g/mol. The molecular weight excluding hydrogens is 268 g/mol. The Kier molecular flexibility index (Phi) is 5.48. The van der Waals surface area contributed by atoms with Crippen LogP contribution in [0, 0.1) is 11.8 Å². The lowest BCUT2D eigenvalue weighted by Gasteiger charge is -2.38. The highest BCUT2D eigenvalue weighted by atomic mass is 16.4. The first-order chi connectivity index (χ1) is 10.0. The Bertz CT molecular complexity index is 386. The van der Waals surface area contributed by atoms with Crippen LogP contribution < -0.4 is 0 Å². The number of nitrogens with zero attached hydrogens (tertiary/aromatic N) is 2. The molecule has 2 aliphatic rings. The Morgan fingerprint density at radius 3 is 2.57 bits per heavy atom. The first-order valence-electron chi connectivity index (χ1n) is 8.31. The zero-order chi connectivity index (χ0) is 15.4. The molecule has 2 saturated heterocycles. The summed E-state index contributed by atoms with van der Waals surface area (Å²) in [6.45, 7) is 6.39. The van der Waals surface area contributed by atoms with Gasteiger partial charge in [0.05, 0.1) is 0 Å². The van der Waals surface area contributed by atoms with Gasteiger partial charge in [0.1, 0.15) is 6.04 Å². The average Bonchev–Trinajstić information content (AvgIpc) is 2.71. The molecule has 2 heterocycles. The standard InChI is InChI=1S/C16H28N2O3/c1-3-13-5-4-8-17(9-7-13)16(21)18-10-6-12(2)11-14(18)15(19)20/h12-14H,3-11H2,1-2H3,(H,19,20). The predicted octanol–water partition coefficient (Wildman–Crippen LogP) is 2.80. The van der Waals surface area contributed by atoms with Crippen molar-refractivity contribution in [1.29, 1.82) is 0 Å². The Morgan fingerprint density at radius 1 is 1.14 bits per heavy atom. The molecule has 0 aromatic rings. The maximum absolute atomic E-state index is 12.7. The molecule has 0 radical (unpaired) electrons. The third kappa shape index (κ3) is 3.89. The quantitative estimate of drug-likeness (QED) is 0.852. The lowest BCUT2D eigenvalue weighted by Crippen LogP contribution is -2.54. The van der Waals surface area contributed by atoms with Gasteiger partial charge in [-0.2, -0.15) is 0 Å². The number of urea groups is 1. The molecule has 1 N–H and O–H groups in total. The SMILES string of the molecule is CCC1CCCN(C(=O)N2CCC(C)CC2C(=O)O)CC1. The first-order valence-corrected chi connectivity index (χ1v) is 8.31. The predicted molar refractivity (Wildman–Crippen MR) is 81.1 cm³/mol. The lowest BCUT2D eigenvalue weighted by molar-refractivity contribution is -0.144. The van der Waals surface area contributed by atoms with Crippen molar-refractivity contribution in [3.63, 3.8) is 0 Å². The normalized spacial score (nSPS) is 30.9. The number of rotatable bonds is 2. The minimum atomic E-state index is -0.865. The summed E-state index contributed by atoms with van der Waals surface area (Å²) in [5.74, 6) is 0.222. The smallest absolute Gasteiger partial charge is 0.326 e. The molecule has 0 aromatic carbocycles. The molecule has 0 saturated carbocycles. The van der Waals surface area contributed by atoms with E-state index < -0.39 is 12.0 Å². The summed E-state index contributed by atoms with van der Waals surface area (Å²) in [5.41, 5.74) is 0. The molecule has 0 aliphatic carbocycles. The summed E-state index contributed by atoms with van der Waals surface area (Å²) in [6, 6.07) is -0.711. The number of carboxylic acid groups (broad SMARTS) is 1. The maximum atomic E-state index is 12.7. The summed E-state index contributed by atoms with van der Waals surface area (Å²) in [7, 11) is 0. The number of likely N-dealkylation sites (tertiary alicyclic amines) is 2. The van der Waals surface area contributed by atoms with Gasteiger partial charge < -0.3 is 14.9 Å². The zero-order valence-corrected chi connectivity index (χ0v) is 13.3. The van der Waals surface area contributed by atoms with Crippen molar-refractivity contribution < 1.29 is 14.7 Å². The van der Waals surface area contributed by atoms with E-state index in [0.717, 1.165) is 32.4 Å². The molecule has 0 aromatic heterocycles. The van der Waals surface area contributed by atoms with Gasteiger partial charge in [0.15, 0.2) is 0 Å². The van der Waals surface area contributed by atoms with E-state index in [-0.39, 0.29) is 6.03 Å². The Labute approximate surface area is 127 Å². The van der Waals surface area contributed by atoms with Gasteiger partial charge in [-0.3, -0.25) is 0 Å². The van der Waals surface area contributed by atoms with Crippen molar-refractivity contribution in [2.75, 3.05) is 19.6 Å². The van der Waals surface area contributed by atoms with E-state index in [0.29, 0.717) is 24.8 Å². The van der Waals surface area contributed by atoms with Crippen molar-refractivity contribution in [3.05, 3.63) is 0 Å². The van der Waals surface area contributed by atoms with Gasteiger partial charge >= 0.3 is 12.0 Å². The highest BCUT2D eigenvalue weighted by molar-refractivity contribution is 5.83. The number of carboxylic acids is 1. The van der Waals surface area contributed by atoms with E-state index >= 15 is 0 Å². The maximum Gasteiger partial charge on any atom is 0.326 e. The summed E-state index contributed by atoms with van der Waals surface area (Å²) >= 11 is 0. The third-order valence-corrected chi connectivity index (χ3v) is 5.09. The fraction of sp³-hybridized carbons (Fsp3) is 0.875. The lowest BCUT2D eigenvalue weighted by atomic mass is 9.92. The summed E-state index contributed by atoms with van der Waals surface area (Å²) in [4.78, 5) is 27.6. The van der Waals surface area contributed by atoms with Gasteiger partial charge in [-0.1, -0.05) is 20.3 Å². The third-order valence-electron chi connectivity index (χ3n) is 5.09. The van der Waals surface area contributed by atoms with Crippen LogP contribution in [0.1, 0.15) is 52.4 Å². The van der Waals surface area contributed by atoms with Crippen LogP contribution in [-0.2, 0) is 4.79 Å². The minimum absolute atomic E-state index is 0.0638. The molecule has 5 nitrogen and oxygen atoms in total. The Morgan fingerprint density at radius 2 is 1.90 bits per heavy atom. The number of piperidine rings is 1. The number of hydrogen-bond donors (Lipinski definition) is 1. The topological polar surface area (TPSA) is 60.9 Å². The highest BCUT2D eigenvalue weighted by Gasteiger charge is 2.37. The number of carbonyl (C=O) groups excluding carboxylic acids is 1.